The molecular formula is C13H26N2O2. The molecule has 4 N–H and O–H groups in total. The monoisotopic (exact) mass is 242 g/mol. The summed E-state index contributed by atoms with van der Waals surface area (Å²) >= 11 is 0. The predicted molar refractivity (Wildman–Crippen MR) is 68.3 cm³/mol. The van der Waals surface area contributed by atoms with Crippen molar-refractivity contribution < 1.29 is 9.53 Å². The topological polar surface area (TPSA) is 78.3 Å². The molecule has 0 aromatic carbocycles. The van der Waals surface area contributed by atoms with Gasteiger partial charge in [0.15, 0.2) is 0 Å². The number of hydrogen-bond acceptors (Lipinski definition) is 3. The minimum Gasteiger partial charge on any atom is -0.381 e. The molecule has 0 aliphatic heterocycles. The normalized spacial score (nSPS) is 28.8. The number of carbonyl (C=O) groups is 1. The number of nitrogens with two attached hydrogens (primary N) is 2. The molecule has 1 aliphatic rings. The first-order valence-electron chi connectivity index (χ1n) is 6.63. The molecule has 0 saturated heterocycles. The molecule has 2 atom stereocenters. The largest absolute Gasteiger partial charge is 0.381 e. The maximum atomic E-state index is 11.4. The molecular weight excluding hydrogens is 216 g/mol. The molecule has 1 amide bonds. The Balaban J connectivity index is 2.25. The molecule has 0 aromatic rings. The van der Waals surface area contributed by atoms with Gasteiger partial charge in [0.2, 0.25) is 5.91 Å². The lowest BCUT2D eigenvalue weighted by molar-refractivity contribution is -0.124. The van der Waals surface area contributed by atoms with Crippen molar-refractivity contribution in [3.63, 3.8) is 0 Å². The summed E-state index contributed by atoms with van der Waals surface area (Å²) in [5.74, 6) is 0.502. The van der Waals surface area contributed by atoms with Gasteiger partial charge in [-0.05, 0) is 37.5 Å². The van der Waals surface area contributed by atoms with Crippen LogP contribution in [0.15, 0.2) is 0 Å². The highest BCUT2D eigenvalue weighted by Gasteiger charge is 2.43. The Morgan fingerprint density at radius 2 is 2.18 bits per heavy atom. The van der Waals surface area contributed by atoms with Gasteiger partial charge in [-0.25, -0.2) is 0 Å². The van der Waals surface area contributed by atoms with Crippen LogP contribution in [0.5, 0.6) is 0 Å². The highest BCUT2D eigenvalue weighted by molar-refractivity contribution is 5.85. The Kier molecular flexibility index (Phi) is 5.40. The van der Waals surface area contributed by atoms with Gasteiger partial charge in [-0.2, -0.15) is 0 Å². The predicted octanol–water partition coefficient (Wildman–Crippen LogP) is 1.42. The molecule has 0 aromatic heterocycles. The van der Waals surface area contributed by atoms with E-state index in [4.69, 9.17) is 16.2 Å². The van der Waals surface area contributed by atoms with Crippen molar-refractivity contribution in [2.45, 2.75) is 51.5 Å². The Morgan fingerprint density at radius 3 is 2.76 bits per heavy atom. The number of rotatable bonds is 7. The van der Waals surface area contributed by atoms with E-state index in [0.29, 0.717) is 12.5 Å². The number of carbonyl (C=O) groups excluding carboxylic acids is 1. The summed E-state index contributed by atoms with van der Waals surface area (Å²) in [4.78, 5) is 11.4. The van der Waals surface area contributed by atoms with E-state index in [1.165, 1.54) is 0 Å². The molecule has 0 heterocycles. The second-order valence-electron chi connectivity index (χ2n) is 5.58. The SMILES string of the molecule is CC(C)CCOCCC1CCCC1(N)C(N)=O. The van der Waals surface area contributed by atoms with Crippen LogP contribution in [0, 0.1) is 11.8 Å². The summed E-state index contributed by atoms with van der Waals surface area (Å²) in [5.41, 5.74) is 10.7. The van der Waals surface area contributed by atoms with Gasteiger partial charge in [-0.15, -0.1) is 0 Å². The molecule has 4 heteroatoms. The zero-order valence-corrected chi connectivity index (χ0v) is 11.1. The minimum absolute atomic E-state index is 0.194. The average Bonchev–Trinajstić information content (AvgIpc) is 2.61. The molecule has 1 fully saturated rings. The molecule has 0 spiro atoms. The highest BCUT2D eigenvalue weighted by Crippen LogP contribution is 2.35. The lowest BCUT2D eigenvalue weighted by Gasteiger charge is -2.27. The van der Waals surface area contributed by atoms with Crippen LogP contribution in [0.3, 0.4) is 0 Å². The lowest BCUT2D eigenvalue weighted by atomic mass is 9.85. The summed E-state index contributed by atoms with van der Waals surface area (Å²) in [7, 11) is 0. The van der Waals surface area contributed by atoms with Crippen LogP contribution in [0.2, 0.25) is 0 Å². The third-order valence-electron chi connectivity index (χ3n) is 3.78. The van der Waals surface area contributed by atoms with Crippen LogP contribution in [0.4, 0.5) is 0 Å². The third-order valence-corrected chi connectivity index (χ3v) is 3.78. The quantitative estimate of drug-likeness (QED) is 0.663. The van der Waals surface area contributed by atoms with Crippen molar-refractivity contribution in [3.8, 4) is 0 Å². The van der Waals surface area contributed by atoms with Crippen molar-refractivity contribution in [3.05, 3.63) is 0 Å². The smallest absolute Gasteiger partial charge is 0.237 e. The summed E-state index contributed by atoms with van der Waals surface area (Å²) in [6, 6.07) is 0. The van der Waals surface area contributed by atoms with Gasteiger partial charge in [0, 0.05) is 13.2 Å². The first-order chi connectivity index (χ1) is 7.97. The molecule has 1 aliphatic carbocycles. The van der Waals surface area contributed by atoms with Crippen LogP contribution < -0.4 is 11.5 Å². The second kappa shape index (κ2) is 6.36. The van der Waals surface area contributed by atoms with Crippen LogP contribution in [0.25, 0.3) is 0 Å². The lowest BCUT2D eigenvalue weighted by Crippen LogP contribution is -2.54. The van der Waals surface area contributed by atoms with E-state index in [1.54, 1.807) is 0 Å². The van der Waals surface area contributed by atoms with E-state index in [2.05, 4.69) is 13.8 Å². The third kappa shape index (κ3) is 3.96. The van der Waals surface area contributed by atoms with E-state index >= 15 is 0 Å². The number of amides is 1. The molecule has 100 valence electrons. The Morgan fingerprint density at radius 1 is 1.47 bits per heavy atom. The van der Waals surface area contributed by atoms with Gasteiger partial charge in [-0.3, -0.25) is 4.79 Å². The van der Waals surface area contributed by atoms with Gasteiger partial charge >= 0.3 is 0 Å². The van der Waals surface area contributed by atoms with E-state index in [0.717, 1.165) is 38.7 Å². The van der Waals surface area contributed by atoms with Crippen LogP contribution >= 0.6 is 0 Å². The molecule has 4 nitrogen and oxygen atoms in total. The Hall–Kier alpha value is -0.610. The van der Waals surface area contributed by atoms with Crippen molar-refractivity contribution >= 4 is 5.91 Å². The first-order valence-corrected chi connectivity index (χ1v) is 6.63. The maximum absolute atomic E-state index is 11.4. The second-order valence-corrected chi connectivity index (χ2v) is 5.58. The summed E-state index contributed by atoms with van der Waals surface area (Å²) in [6.45, 7) is 5.83. The van der Waals surface area contributed by atoms with Gasteiger partial charge in [0.05, 0.1) is 5.54 Å². The van der Waals surface area contributed by atoms with Crippen molar-refractivity contribution in [2.24, 2.45) is 23.3 Å². The molecule has 0 radical (unpaired) electrons. The molecule has 2 unspecified atom stereocenters. The van der Waals surface area contributed by atoms with Crippen LogP contribution in [0.1, 0.15) is 46.0 Å². The minimum atomic E-state index is -0.790. The number of ether oxygens (including phenoxy) is 1. The van der Waals surface area contributed by atoms with E-state index in [9.17, 15) is 4.79 Å². The highest BCUT2D eigenvalue weighted by atomic mass is 16.5. The molecule has 0 bridgehead atoms. The summed E-state index contributed by atoms with van der Waals surface area (Å²) in [6.07, 6.45) is 4.63. The van der Waals surface area contributed by atoms with Crippen molar-refractivity contribution in [1.29, 1.82) is 0 Å². The molecule has 1 saturated carbocycles. The standard InChI is InChI=1S/C13H26N2O2/c1-10(2)5-8-17-9-6-11-4-3-7-13(11,15)12(14)16/h10-11H,3-9,15H2,1-2H3,(H2,14,16). The Bertz CT molecular complexity index is 256. The molecule has 17 heavy (non-hydrogen) atoms. The van der Waals surface area contributed by atoms with Crippen molar-refractivity contribution in [2.75, 3.05) is 13.2 Å². The van der Waals surface area contributed by atoms with Crippen LogP contribution in [-0.4, -0.2) is 24.7 Å². The fraction of sp³-hybridized carbons (Fsp3) is 0.923. The maximum Gasteiger partial charge on any atom is 0.237 e. The zero-order chi connectivity index (χ0) is 12.9. The Labute approximate surface area is 104 Å². The van der Waals surface area contributed by atoms with E-state index in [1.807, 2.05) is 0 Å². The van der Waals surface area contributed by atoms with Gasteiger partial charge in [-0.1, -0.05) is 20.3 Å². The fourth-order valence-electron chi connectivity index (χ4n) is 2.48. The van der Waals surface area contributed by atoms with Crippen molar-refractivity contribution in [1.82, 2.24) is 0 Å². The molecule has 1 rings (SSSR count). The first kappa shape index (κ1) is 14.5. The van der Waals surface area contributed by atoms with Gasteiger partial charge < -0.3 is 16.2 Å². The number of primary amides is 1. The van der Waals surface area contributed by atoms with E-state index in [-0.39, 0.29) is 11.8 Å². The number of hydrogen-bond donors (Lipinski definition) is 2. The van der Waals surface area contributed by atoms with Gasteiger partial charge in [0.1, 0.15) is 0 Å². The summed E-state index contributed by atoms with van der Waals surface area (Å²) in [5, 5.41) is 0. The zero-order valence-electron chi connectivity index (χ0n) is 11.1. The summed E-state index contributed by atoms with van der Waals surface area (Å²) < 4.78 is 5.57. The van der Waals surface area contributed by atoms with E-state index < -0.39 is 5.54 Å². The van der Waals surface area contributed by atoms with Gasteiger partial charge in [0.25, 0.3) is 0 Å². The average molecular weight is 242 g/mol. The fourth-order valence-corrected chi connectivity index (χ4v) is 2.48. The van der Waals surface area contributed by atoms with Crippen LogP contribution in [-0.2, 0) is 9.53 Å².